The summed E-state index contributed by atoms with van der Waals surface area (Å²) >= 11 is 0. The van der Waals surface area contributed by atoms with Crippen LogP contribution in [0, 0.1) is 5.82 Å². The lowest BCUT2D eigenvalue weighted by atomic mass is 10.1. The summed E-state index contributed by atoms with van der Waals surface area (Å²) in [5.74, 6) is -3.58. The molecule has 0 radical (unpaired) electrons. The summed E-state index contributed by atoms with van der Waals surface area (Å²) in [4.78, 5) is 7.50. The van der Waals surface area contributed by atoms with Gasteiger partial charge in [0.25, 0.3) is 5.92 Å². The van der Waals surface area contributed by atoms with Crippen LogP contribution in [0.2, 0.25) is 0 Å². The molecule has 0 aliphatic rings. The minimum Gasteiger partial charge on any atom is -0.496 e. The Hall–Kier alpha value is -2.51. The molecule has 0 fully saturated rings. The molecule has 0 spiro atoms. The Kier molecular flexibility index (Phi) is 4.92. The zero-order valence-electron chi connectivity index (χ0n) is 12.9. The van der Waals surface area contributed by atoms with E-state index >= 15 is 0 Å². The van der Waals surface area contributed by atoms with E-state index in [1.165, 1.54) is 26.3 Å². The molecule has 0 bridgehead atoms. The number of hydrogen-bond donors (Lipinski definition) is 1. The number of rotatable bonds is 6. The number of benzene rings is 1. The van der Waals surface area contributed by atoms with E-state index in [0.29, 0.717) is 5.56 Å². The van der Waals surface area contributed by atoms with Crippen molar-refractivity contribution < 1.29 is 22.6 Å². The number of halogens is 3. The van der Waals surface area contributed by atoms with Gasteiger partial charge in [-0.2, -0.15) is 4.98 Å². The topological polar surface area (TPSA) is 56.3 Å². The second-order valence-corrected chi connectivity index (χ2v) is 4.81. The van der Waals surface area contributed by atoms with Crippen molar-refractivity contribution in [1.29, 1.82) is 0 Å². The van der Waals surface area contributed by atoms with Crippen LogP contribution in [0.1, 0.15) is 18.1 Å². The lowest BCUT2D eigenvalue weighted by molar-refractivity contribution is 0.0149. The van der Waals surface area contributed by atoms with Gasteiger partial charge in [0.05, 0.1) is 18.9 Å². The molecule has 1 heterocycles. The number of nitrogens with zero attached hydrogens (tertiary/aromatic N) is 2. The smallest absolute Gasteiger partial charge is 0.318 e. The second kappa shape index (κ2) is 6.72. The fourth-order valence-electron chi connectivity index (χ4n) is 1.93. The highest BCUT2D eigenvalue weighted by atomic mass is 19.3. The molecule has 0 unspecified atom stereocenters. The molecule has 124 valence electrons. The van der Waals surface area contributed by atoms with Crippen LogP contribution in [0.4, 0.5) is 19.0 Å². The van der Waals surface area contributed by atoms with Crippen molar-refractivity contribution >= 4 is 5.82 Å². The van der Waals surface area contributed by atoms with E-state index in [2.05, 4.69) is 15.3 Å². The molecule has 1 aromatic heterocycles. The molecule has 0 amide bonds. The maximum atomic E-state index is 13.6. The first-order valence-electron chi connectivity index (χ1n) is 6.73. The van der Waals surface area contributed by atoms with Crippen LogP contribution < -0.4 is 14.8 Å². The molecule has 2 aromatic rings. The van der Waals surface area contributed by atoms with E-state index < -0.39 is 11.7 Å². The first-order chi connectivity index (χ1) is 10.8. The Labute approximate surface area is 131 Å². The highest BCUT2D eigenvalue weighted by Crippen LogP contribution is 2.35. The molecular formula is C15H16F3N3O2. The molecule has 0 atom stereocenters. The minimum atomic E-state index is -3.05. The largest absolute Gasteiger partial charge is 0.496 e. The third kappa shape index (κ3) is 4.02. The Bertz CT molecular complexity index is 690. The minimum absolute atomic E-state index is 0.00879. The van der Waals surface area contributed by atoms with Crippen LogP contribution in [0.3, 0.4) is 0 Å². The highest BCUT2D eigenvalue weighted by molar-refractivity contribution is 5.40. The molecule has 0 aliphatic heterocycles. The van der Waals surface area contributed by atoms with E-state index in [-0.39, 0.29) is 29.7 Å². The number of aromatic nitrogens is 2. The van der Waals surface area contributed by atoms with Gasteiger partial charge in [-0.25, -0.2) is 18.2 Å². The van der Waals surface area contributed by atoms with Crippen LogP contribution >= 0.6 is 0 Å². The first-order valence-corrected chi connectivity index (χ1v) is 6.73. The van der Waals surface area contributed by atoms with Crippen molar-refractivity contribution in [2.75, 3.05) is 19.5 Å². The molecule has 23 heavy (non-hydrogen) atoms. The van der Waals surface area contributed by atoms with Crippen LogP contribution in [0.5, 0.6) is 11.8 Å². The van der Waals surface area contributed by atoms with Crippen LogP contribution in [-0.2, 0) is 12.5 Å². The molecule has 0 saturated heterocycles. The third-order valence-corrected chi connectivity index (χ3v) is 3.06. The molecular weight excluding hydrogens is 311 g/mol. The summed E-state index contributed by atoms with van der Waals surface area (Å²) in [7, 11) is 2.83. The summed E-state index contributed by atoms with van der Waals surface area (Å²) in [6.45, 7) is 0.750. The summed E-state index contributed by atoms with van der Waals surface area (Å²) in [6.07, 6.45) is 0.966. The SMILES string of the molecule is CNc1nc(OCc2ccc(OC)c(C(C)(F)F)c2)ncc1F. The molecule has 1 aromatic carbocycles. The number of ether oxygens (including phenoxy) is 2. The standard InChI is InChI=1S/C15H16F3N3O2/c1-15(17,18)10-6-9(4-5-12(10)22-3)8-23-14-20-7-11(16)13(19-2)21-14/h4-7H,8H2,1-3H3,(H,19,20,21). The number of alkyl halides is 2. The Morgan fingerprint density at radius 1 is 1.30 bits per heavy atom. The molecule has 5 nitrogen and oxygen atoms in total. The zero-order chi connectivity index (χ0) is 17.0. The van der Waals surface area contributed by atoms with Gasteiger partial charge in [0, 0.05) is 14.0 Å². The van der Waals surface area contributed by atoms with Gasteiger partial charge in [0.2, 0.25) is 0 Å². The van der Waals surface area contributed by atoms with E-state index in [0.717, 1.165) is 13.1 Å². The predicted molar refractivity (Wildman–Crippen MR) is 78.4 cm³/mol. The van der Waals surface area contributed by atoms with Crippen molar-refractivity contribution in [2.24, 2.45) is 0 Å². The molecule has 1 N–H and O–H groups in total. The van der Waals surface area contributed by atoms with Crippen molar-refractivity contribution in [3.05, 3.63) is 41.3 Å². The average molecular weight is 327 g/mol. The monoisotopic (exact) mass is 327 g/mol. The highest BCUT2D eigenvalue weighted by Gasteiger charge is 2.28. The maximum Gasteiger partial charge on any atom is 0.318 e. The summed E-state index contributed by atoms with van der Waals surface area (Å²) in [6, 6.07) is 4.27. The molecule has 2 rings (SSSR count). The van der Waals surface area contributed by atoms with Gasteiger partial charge in [-0.05, 0) is 17.7 Å². The zero-order valence-corrected chi connectivity index (χ0v) is 12.9. The van der Waals surface area contributed by atoms with Gasteiger partial charge < -0.3 is 14.8 Å². The van der Waals surface area contributed by atoms with Gasteiger partial charge in [0.1, 0.15) is 12.4 Å². The first kappa shape index (κ1) is 16.9. The van der Waals surface area contributed by atoms with Gasteiger partial charge in [0.15, 0.2) is 11.6 Å². The quantitative estimate of drug-likeness (QED) is 0.882. The normalized spacial score (nSPS) is 11.2. The number of hydrogen-bond acceptors (Lipinski definition) is 5. The van der Waals surface area contributed by atoms with Crippen molar-refractivity contribution in [3.63, 3.8) is 0 Å². The third-order valence-electron chi connectivity index (χ3n) is 3.06. The second-order valence-electron chi connectivity index (χ2n) is 4.81. The lowest BCUT2D eigenvalue weighted by Gasteiger charge is -2.16. The Morgan fingerprint density at radius 3 is 2.65 bits per heavy atom. The van der Waals surface area contributed by atoms with Gasteiger partial charge in [-0.3, -0.25) is 0 Å². The summed E-state index contributed by atoms with van der Waals surface area (Å²) in [5.41, 5.74) is 0.248. The molecule has 8 heteroatoms. The van der Waals surface area contributed by atoms with Gasteiger partial charge in [-0.1, -0.05) is 6.07 Å². The Balaban J connectivity index is 2.18. The maximum absolute atomic E-state index is 13.6. The fourth-order valence-corrected chi connectivity index (χ4v) is 1.93. The van der Waals surface area contributed by atoms with Crippen LogP contribution in [-0.4, -0.2) is 24.1 Å². The lowest BCUT2D eigenvalue weighted by Crippen LogP contribution is -2.10. The predicted octanol–water partition coefficient (Wildman–Crippen LogP) is 3.36. The van der Waals surface area contributed by atoms with Gasteiger partial charge in [-0.15, -0.1) is 0 Å². The van der Waals surface area contributed by atoms with E-state index in [1.807, 2.05) is 0 Å². The van der Waals surface area contributed by atoms with Gasteiger partial charge >= 0.3 is 6.01 Å². The summed E-state index contributed by atoms with van der Waals surface area (Å²) < 4.78 is 50.7. The average Bonchev–Trinajstić information content (AvgIpc) is 2.53. The van der Waals surface area contributed by atoms with E-state index in [1.54, 1.807) is 6.07 Å². The fraction of sp³-hybridized carbons (Fsp3) is 0.333. The summed E-state index contributed by atoms with van der Waals surface area (Å²) in [5, 5.41) is 2.56. The van der Waals surface area contributed by atoms with Crippen molar-refractivity contribution in [1.82, 2.24) is 9.97 Å². The van der Waals surface area contributed by atoms with E-state index in [9.17, 15) is 13.2 Å². The van der Waals surface area contributed by atoms with Crippen molar-refractivity contribution in [3.8, 4) is 11.8 Å². The molecule has 0 saturated carbocycles. The molecule has 0 aliphatic carbocycles. The number of methoxy groups -OCH3 is 1. The van der Waals surface area contributed by atoms with E-state index in [4.69, 9.17) is 9.47 Å². The van der Waals surface area contributed by atoms with Crippen LogP contribution in [0.25, 0.3) is 0 Å². The number of nitrogens with one attached hydrogen (secondary N) is 1. The Morgan fingerprint density at radius 2 is 2.04 bits per heavy atom. The van der Waals surface area contributed by atoms with Crippen LogP contribution in [0.15, 0.2) is 24.4 Å². The van der Waals surface area contributed by atoms with Crippen molar-refractivity contribution in [2.45, 2.75) is 19.5 Å². The number of anilines is 1.